The van der Waals surface area contributed by atoms with Crippen molar-refractivity contribution < 1.29 is 34.1 Å². The molecule has 1 amide bonds. The Bertz CT molecular complexity index is 1150. The van der Waals surface area contributed by atoms with Crippen LogP contribution in [0.25, 0.3) is 10.4 Å². The molecule has 1 fully saturated rings. The van der Waals surface area contributed by atoms with Gasteiger partial charge in [0.25, 0.3) is 5.91 Å². The Kier molecular flexibility index (Phi) is 12.3. The SMILES string of the molecule is C[C@@H]1C/C=C/[C@@H](OCCCN=[N+]=[N-])C/C=C/C(=N/OCC(=O)N2CCCCC2)Cc2cc(O)cc(O)c2C(=O)O1. The zero-order valence-electron chi connectivity index (χ0n) is 22.8. The first kappa shape index (κ1) is 30.5. The summed E-state index contributed by atoms with van der Waals surface area (Å²) in [5, 5.41) is 28.3. The minimum atomic E-state index is -0.735. The number of carbonyl (C=O) groups is 2. The van der Waals surface area contributed by atoms with Crippen LogP contribution in [0.3, 0.4) is 0 Å². The molecule has 12 heteroatoms. The Morgan fingerprint density at radius 2 is 2.00 bits per heavy atom. The standard InChI is InChI=1S/C28H37N5O7/c1-20-8-5-10-24(38-15-7-12-30-32-29)11-6-9-22(31-39-19-26(36)33-13-3-2-4-14-33)16-21-17-23(34)18-25(35)27(21)28(37)40-20/h5-6,9-10,17-18,20,24,34-35H,2-4,7-8,11-16,19H2,1H3/b9-6+,10-5+,31-22-/t20-,24-/m1/s1. The summed E-state index contributed by atoms with van der Waals surface area (Å²) in [6.07, 6.45) is 11.0. The van der Waals surface area contributed by atoms with E-state index in [0.29, 0.717) is 56.8 Å². The fourth-order valence-electron chi connectivity index (χ4n) is 4.43. The molecule has 2 N–H and O–H groups in total. The van der Waals surface area contributed by atoms with Gasteiger partial charge >= 0.3 is 5.97 Å². The van der Waals surface area contributed by atoms with Gasteiger partial charge < -0.3 is 29.4 Å². The number of esters is 1. The quantitative estimate of drug-likeness (QED) is 0.0901. The molecule has 2 atom stereocenters. The van der Waals surface area contributed by atoms with Crippen molar-refractivity contribution in [3.63, 3.8) is 0 Å². The van der Waals surface area contributed by atoms with Gasteiger partial charge in [0.15, 0.2) is 6.61 Å². The summed E-state index contributed by atoms with van der Waals surface area (Å²) in [5.74, 6) is -1.52. The molecule has 0 bridgehead atoms. The second-order valence-electron chi connectivity index (χ2n) is 9.71. The highest BCUT2D eigenvalue weighted by Gasteiger charge is 2.23. The number of cyclic esters (lactones) is 1. The predicted octanol–water partition coefficient (Wildman–Crippen LogP) is 4.56. The molecule has 1 aromatic carbocycles. The van der Waals surface area contributed by atoms with Crippen LogP contribution in [0.15, 0.2) is 46.7 Å². The van der Waals surface area contributed by atoms with Gasteiger partial charge in [-0.15, -0.1) is 0 Å². The Balaban J connectivity index is 1.84. The molecule has 1 saturated heterocycles. The van der Waals surface area contributed by atoms with Crippen LogP contribution in [-0.4, -0.2) is 77.8 Å². The number of benzene rings is 1. The van der Waals surface area contributed by atoms with Crippen molar-refractivity contribution in [3.8, 4) is 11.5 Å². The number of oxime groups is 1. The van der Waals surface area contributed by atoms with Crippen LogP contribution in [0.2, 0.25) is 0 Å². The van der Waals surface area contributed by atoms with Crippen molar-refractivity contribution in [2.75, 3.05) is 32.8 Å². The average Bonchev–Trinajstić information content (AvgIpc) is 2.92. The first-order valence-electron chi connectivity index (χ1n) is 13.6. The van der Waals surface area contributed by atoms with Crippen LogP contribution in [0.4, 0.5) is 0 Å². The number of nitrogens with zero attached hydrogens (tertiary/aromatic N) is 5. The number of hydrogen-bond acceptors (Lipinski definition) is 9. The number of amides is 1. The highest BCUT2D eigenvalue weighted by Crippen LogP contribution is 2.29. The van der Waals surface area contributed by atoms with Gasteiger partial charge in [-0.05, 0) is 62.3 Å². The van der Waals surface area contributed by atoms with Crippen LogP contribution in [0.5, 0.6) is 11.5 Å². The molecule has 12 nitrogen and oxygen atoms in total. The molecule has 1 aromatic rings. The van der Waals surface area contributed by atoms with Crippen LogP contribution in [0.1, 0.15) is 61.4 Å². The summed E-state index contributed by atoms with van der Waals surface area (Å²) in [6, 6.07) is 2.45. The van der Waals surface area contributed by atoms with E-state index in [0.717, 1.165) is 25.3 Å². The average molecular weight is 556 g/mol. The first-order chi connectivity index (χ1) is 19.4. The zero-order chi connectivity index (χ0) is 28.7. The van der Waals surface area contributed by atoms with Gasteiger partial charge in [-0.25, -0.2) is 4.79 Å². The Hall–Kier alpha value is -4.02. The number of carbonyl (C=O) groups excluding carboxylic acids is 2. The molecular formula is C28H37N5O7. The zero-order valence-corrected chi connectivity index (χ0v) is 22.8. The van der Waals surface area contributed by atoms with E-state index < -0.39 is 17.8 Å². The van der Waals surface area contributed by atoms with Gasteiger partial charge in [0.1, 0.15) is 23.2 Å². The summed E-state index contributed by atoms with van der Waals surface area (Å²) >= 11 is 0. The molecule has 40 heavy (non-hydrogen) atoms. The summed E-state index contributed by atoms with van der Waals surface area (Å²) in [5.41, 5.74) is 9.03. The number of phenolic OH excluding ortho intramolecular Hbond substituents is 2. The van der Waals surface area contributed by atoms with Gasteiger partial charge in [0.05, 0.1) is 11.8 Å². The molecule has 0 spiro atoms. The molecular weight excluding hydrogens is 518 g/mol. The van der Waals surface area contributed by atoms with Gasteiger partial charge in [0.2, 0.25) is 0 Å². The van der Waals surface area contributed by atoms with Crippen molar-refractivity contribution in [1.82, 2.24) is 4.90 Å². The minimum Gasteiger partial charge on any atom is -0.508 e. The second-order valence-corrected chi connectivity index (χ2v) is 9.71. The molecule has 2 heterocycles. The molecule has 0 aliphatic carbocycles. The van der Waals surface area contributed by atoms with Crippen LogP contribution < -0.4 is 0 Å². The third-order valence-electron chi connectivity index (χ3n) is 6.44. The van der Waals surface area contributed by atoms with Crippen molar-refractivity contribution in [3.05, 3.63) is 58.0 Å². The number of piperidine rings is 1. The lowest BCUT2D eigenvalue weighted by molar-refractivity contribution is -0.137. The van der Waals surface area contributed by atoms with Crippen LogP contribution >= 0.6 is 0 Å². The molecule has 2 aliphatic heterocycles. The summed E-state index contributed by atoms with van der Waals surface area (Å²) in [7, 11) is 0. The van der Waals surface area contributed by atoms with E-state index in [2.05, 4.69) is 15.2 Å². The number of hydrogen-bond donors (Lipinski definition) is 2. The van der Waals surface area contributed by atoms with E-state index in [1.165, 1.54) is 6.07 Å². The Labute approximate surface area is 233 Å². The molecule has 0 radical (unpaired) electrons. The maximum atomic E-state index is 13.0. The maximum Gasteiger partial charge on any atom is 0.342 e. The number of rotatable bonds is 8. The van der Waals surface area contributed by atoms with Gasteiger partial charge in [-0.3, -0.25) is 4.79 Å². The largest absolute Gasteiger partial charge is 0.508 e. The van der Waals surface area contributed by atoms with Gasteiger partial charge in [0, 0.05) is 50.1 Å². The molecule has 2 aliphatic rings. The Morgan fingerprint density at radius 3 is 2.77 bits per heavy atom. The third kappa shape index (κ3) is 9.94. The van der Waals surface area contributed by atoms with Crippen molar-refractivity contribution in [2.24, 2.45) is 10.3 Å². The van der Waals surface area contributed by atoms with E-state index in [9.17, 15) is 19.8 Å². The summed E-state index contributed by atoms with van der Waals surface area (Å²) in [6.45, 7) is 3.63. The number of fused-ring (bicyclic) bond motifs is 1. The topological polar surface area (TPSA) is 167 Å². The van der Waals surface area contributed by atoms with Gasteiger partial charge in [-0.1, -0.05) is 28.5 Å². The number of azide groups is 1. The highest BCUT2D eigenvalue weighted by molar-refractivity contribution is 6.00. The summed E-state index contributed by atoms with van der Waals surface area (Å²) in [4.78, 5) is 35.5. The molecule has 0 aromatic heterocycles. The van der Waals surface area contributed by atoms with E-state index >= 15 is 0 Å². The normalized spacial score (nSPS) is 22.8. The maximum absolute atomic E-state index is 13.0. The van der Waals surface area contributed by atoms with Crippen LogP contribution in [0, 0.1) is 0 Å². The number of phenols is 2. The smallest absolute Gasteiger partial charge is 0.342 e. The molecule has 216 valence electrons. The first-order valence-corrected chi connectivity index (χ1v) is 13.6. The predicted molar refractivity (Wildman–Crippen MR) is 148 cm³/mol. The Morgan fingerprint density at radius 1 is 1.20 bits per heavy atom. The van der Waals surface area contributed by atoms with E-state index in [4.69, 9.17) is 19.8 Å². The van der Waals surface area contributed by atoms with Crippen molar-refractivity contribution >= 4 is 17.6 Å². The van der Waals surface area contributed by atoms with Gasteiger partial charge in [-0.2, -0.15) is 0 Å². The third-order valence-corrected chi connectivity index (χ3v) is 6.44. The number of aromatic hydroxyl groups is 2. The lowest BCUT2D eigenvalue weighted by atomic mass is 9.99. The molecule has 0 unspecified atom stereocenters. The van der Waals surface area contributed by atoms with E-state index in [1.54, 1.807) is 17.9 Å². The fraction of sp³-hybridized carbons (Fsp3) is 0.536. The molecule has 3 rings (SSSR count). The minimum absolute atomic E-state index is 0.0166. The number of likely N-dealkylation sites (tertiary alicyclic amines) is 1. The van der Waals surface area contributed by atoms with E-state index in [-0.39, 0.29) is 36.4 Å². The lowest BCUT2D eigenvalue weighted by Crippen LogP contribution is -2.37. The van der Waals surface area contributed by atoms with Crippen molar-refractivity contribution in [2.45, 2.75) is 64.1 Å². The summed E-state index contributed by atoms with van der Waals surface area (Å²) < 4.78 is 11.5. The second kappa shape index (κ2) is 16.2. The number of ether oxygens (including phenoxy) is 2. The number of allylic oxidation sites excluding steroid dienone is 1. The molecule has 0 saturated carbocycles. The van der Waals surface area contributed by atoms with Crippen LogP contribution in [-0.2, 0) is 25.5 Å². The highest BCUT2D eigenvalue weighted by atomic mass is 16.6. The van der Waals surface area contributed by atoms with E-state index in [1.807, 2.05) is 18.2 Å². The lowest BCUT2D eigenvalue weighted by Gasteiger charge is -2.26. The van der Waals surface area contributed by atoms with Crippen molar-refractivity contribution in [1.29, 1.82) is 0 Å². The monoisotopic (exact) mass is 555 g/mol. The fourth-order valence-corrected chi connectivity index (χ4v) is 4.43.